The van der Waals surface area contributed by atoms with Crippen molar-refractivity contribution in [1.82, 2.24) is 4.90 Å². The third kappa shape index (κ3) is 3.39. The van der Waals surface area contributed by atoms with Crippen LogP contribution in [-0.2, 0) is 6.54 Å². The van der Waals surface area contributed by atoms with Gasteiger partial charge in [0.05, 0.1) is 15.0 Å². The van der Waals surface area contributed by atoms with Crippen molar-refractivity contribution < 1.29 is 9.18 Å². The summed E-state index contributed by atoms with van der Waals surface area (Å²) >= 11 is 8.14. The SMILES string of the molecule is CN(Cc1csc(Br)c1)C(=O)c1cc(N)c(F)cc1Br. The Labute approximate surface area is 136 Å². The van der Waals surface area contributed by atoms with Gasteiger partial charge >= 0.3 is 0 Å². The third-order valence-corrected chi connectivity index (χ3v) is 4.91. The van der Waals surface area contributed by atoms with Crippen LogP contribution in [-0.4, -0.2) is 17.9 Å². The number of thiophene rings is 1. The molecule has 1 amide bonds. The predicted octanol–water partition coefficient (Wildman–Crippen LogP) is 4.27. The van der Waals surface area contributed by atoms with Crippen LogP contribution in [0.3, 0.4) is 0 Å². The summed E-state index contributed by atoms with van der Waals surface area (Å²) in [6, 6.07) is 4.52. The van der Waals surface area contributed by atoms with Crippen molar-refractivity contribution in [3.8, 4) is 0 Å². The highest BCUT2D eigenvalue weighted by atomic mass is 79.9. The molecule has 1 aromatic heterocycles. The van der Waals surface area contributed by atoms with Gasteiger partial charge in [-0.25, -0.2) is 4.39 Å². The number of benzene rings is 1. The van der Waals surface area contributed by atoms with E-state index in [0.717, 1.165) is 9.35 Å². The van der Waals surface area contributed by atoms with Crippen LogP contribution in [0.5, 0.6) is 0 Å². The Morgan fingerprint density at radius 2 is 2.10 bits per heavy atom. The van der Waals surface area contributed by atoms with Crippen LogP contribution < -0.4 is 5.73 Å². The molecule has 0 bridgehead atoms. The van der Waals surface area contributed by atoms with Gasteiger partial charge in [-0.05, 0) is 61.0 Å². The smallest absolute Gasteiger partial charge is 0.255 e. The minimum absolute atomic E-state index is 0.0387. The molecule has 106 valence electrons. The molecule has 0 aliphatic carbocycles. The first-order chi connectivity index (χ1) is 9.38. The summed E-state index contributed by atoms with van der Waals surface area (Å²) in [5.41, 5.74) is 6.85. The van der Waals surface area contributed by atoms with E-state index in [1.807, 2.05) is 11.4 Å². The number of nitrogens with two attached hydrogens (primary N) is 1. The minimum atomic E-state index is -0.544. The molecular weight excluding hydrogens is 411 g/mol. The molecule has 0 spiro atoms. The van der Waals surface area contributed by atoms with Gasteiger partial charge in [0.25, 0.3) is 5.91 Å². The maximum absolute atomic E-state index is 13.3. The highest BCUT2D eigenvalue weighted by molar-refractivity contribution is 9.11. The molecule has 3 nitrogen and oxygen atoms in total. The fraction of sp³-hybridized carbons (Fsp3) is 0.154. The number of hydrogen-bond donors (Lipinski definition) is 1. The number of halogens is 3. The largest absolute Gasteiger partial charge is 0.396 e. The van der Waals surface area contributed by atoms with Crippen LogP contribution in [0.2, 0.25) is 0 Å². The fourth-order valence-corrected chi connectivity index (χ4v) is 3.39. The van der Waals surface area contributed by atoms with Crippen LogP contribution >= 0.6 is 43.2 Å². The van der Waals surface area contributed by atoms with Gasteiger partial charge < -0.3 is 10.6 Å². The molecule has 20 heavy (non-hydrogen) atoms. The van der Waals surface area contributed by atoms with Crippen molar-refractivity contribution in [1.29, 1.82) is 0 Å². The second-order valence-electron chi connectivity index (χ2n) is 4.27. The van der Waals surface area contributed by atoms with Crippen LogP contribution in [0, 0.1) is 5.82 Å². The van der Waals surface area contributed by atoms with Gasteiger partial charge in [-0.1, -0.05) is 0 Å². The van der Waals surface area contributed by atoms with Crippen molar-refractivity contribution in [3.05, 3.63) is 48.8 Å². The van der Waals surface area contributed by atoms with E-state index in [0.29, 0.717) is 16.6 Å². The molecule has 0 aliphatic rings. The molecule has 2 rings (SSSR count). The summed E-state index contributed by atoms with van der Waals surface area (Å²) in [6.45, 7) is 0.477. The first-order valence-corrected chi connectivity index (χ1v) is 8.08. The summed E-state index contributed by atoms with van der Waals surface area (Å²) in [4.78, 5) is 13.9. The highest BCUT2D eigenvalue weighted by Gasteiger charge is 2.17. The van der Waals surface area contributed by atoms with Crippen molar-refractivity contribution >= 4 is 54.8 Å². The minimum Gasteiger partial charge on any atom is -0.396 e. The topological polar surface area (TPSA) is 46.3 Å². The van der Waals surface area contributed by atoms with E-state index < -0.39 is 5.82 Å². The number of rotatable bonds is 3. The average Bonchev–Trinajstić information content (AvgIpc) is 2.78. The second kappa shape index (κ2) is 6.24. The molecule has 2 N–H and O–H groups in total. The molecule has 0 fully saturated rings. The Hall–Kier alpha value is -0.920. The van der Waals surface area contributed by atoms with Gasteiger partial charge in [-0.15, -0.1) is 11.3 Å². The molecular formula is C13H11Br2FN2OS. The van der Waals surface area contributed by atoms with Gasteiger partial charge in [0.2, 0.25) is 0 Å². The third-order valence-electron chi connectivity index (χ3n) is 2.70. The number of amides is 1. The molecule has 1 aromatic carbocycles. The first kappa shape index (κ1) is 15.5. The van der Waals surface area contributed by atoms with E-state index in [9.17, 15) is 9.18 Å². The summed E-state index contributed by atoms with van der Waals surface area (Å²) in [7, 11) is 1.69. The Morgan fingerprint density at radius 1 is 1.40 bits per heavy atom. The lowest BCUT2D eigenvalue weighted by molar-refractivity contribution is 0.0784. The predicted molar refractivity (Wildman–Crippen MR) is 86.3 cm³/mol. The number of nitrogens with zero attached hydrogens (tertiary/aromatic N) is 1. The lowest BCUT2D eigenvalue weighted by Gasteiger charge is -2.17. The van der Waals surface area contributed by atoms with Crippen molar-refractivity contribution in [3.63, 3.8) is 0 Å². The molecule has 0 radical (unpaired) electrons. The van der Waals surface area contributed by atoms with E-state index in [2.05, 4.69) is 31.9 Å². The van der Waals surface area contributed by atoms with E-state index >= 15 is 0 Å². The number of nitrogen functional groups attached to an aromatic ring is 1. The Bertz CT molecular complexity index is 660. The summed E-state index contributed by atoms with van der Waals surface area (Å²) < 4.78 is 14.7. The summed E-state index contributed by atoms with van der Waals surface area (Å²) in [5, 5.41) is 1.97. The van der Waals surface area contributed by atoms with Gasteiger partial charge in [0.1, 0.15) is 5.82 Å². The molecule has 0 aliphatic heterocycles. The van der Waals surface area contributed by atoms with Gasteiger partial charge in [0.15, 0.2) is 0 Å². The standard InChI is InChI=1S/C13H11Br2FN2OS/c1-18(5-7-2-12(15)20-6-7)13(19)8-3-11(17)10(16)4-9(8)14/h2-4,6H,5,17H2,1H3. The fourth-order valence-electron chi connectivity index (χ4n) is 1.71. The van der Waals surface area contributed by atoms with Crippen molar-refractivity contribution in [2.24, 2.45) is 0 Å². The Kier molecular flexibility index (Phi) is 4.82. The lowest BCUT2D eigenvalue weighted by Crippen LogP contribution is -2.26. The van der Waals surface area contributed by atoms with E-state index in [-0.39, 0.29) is 11.6 Å². The van der Waals surface area contributed by atoms with Gasteiger partial charge in [-0.3, -0.25) is 4.79 Å². The lowest BCUT2D eigenvalue weighted by atomic mass is 10.1. The maximum Gasteiger partial charge on any atom is 0.255 e. The van der Waals surface area contributed by atoms with Crippen molar-refractivity contribution in [2.45, 2.75) is 6.54 Å². The number of carbonyl (C=O) groups excluding carboxylic acids is 1. The van der Waals surface area contributed by atoms with Crippen LogP contribution in [0.15, 0.2) is 31.8 Å². The summed E-state index contributed by atoms with van der Waals surface area (Å²) in [5.74, 6) is -0.760. The number of anilines is 1. The monoisotopic (exact) mass is 420 g/mol. The molecule has 0 atom stereocenters. The van der Waals surface area contributed by atoms with Crippen LogP contribution in [0.25, 0.3) is 0 Å². The highest BCUT2D eigenvalue weighted by Crippen LogP contribution is 2.25. The maximum atomic E-state index is 13.3. The first-order valence-electron chi connectivity index (χ1n) is 5.61. The van der Waals surface area contributed by atoms with Crippen LogP contribution in [0.4, 0.5) is 10.1 Å². The molecule has 0 saturated heterocycles. The van der Waals surface area contributed by atoms with Gasteiger partial charge in [-0.2, -0.15) is 0 Å². The van der Waals surface area contributed by atoms with Crippen molar-refractivity contribution in [2.75, 3.05) is 12.8 Å². The normalized spacial score (nSPS) is 10.6. The summed E-state index contributed by atoms with van der Waals surface area (Å²) in [6.07, 6.45) is 0. The Morgan fingerprint density at radius 3 is 2.70 bits per heavy atom. The molecule has 0 unspecified atom stereocenters. The molecule has 2 aromatic rings. The quantitative estimate of drug-likeness (QED) is 0.752. The van der Waals surface area contributed by atoms with E-state index in [1.165, 1.54) is 12.1 Å². The number of hydrogen-bond acceptors (Lipinski definition) is 3. The second-order valence-corrected chi connectivity index (χ2v) is 7.42. The zero-order valence-corrected chi connectivity index (χ0v) is 14.5. The molecule has 7 heteroatoms. The molecule has 0 saturated carbocycles. The van der Waals surface area contributed by atoms with E-state index in [4.69, 9.17) is 5.73 Å². The zero-order chi connectivity index (χ0) is 14.9. The number of carbonyl (C=O) groups is 1. The van der Waals surface area contributed by atoms with E-state index in [1.54, 1.807) is 23.3 Å². The Balaban J connectivity index is 2.20. The zero-order valence-electron chi connectivity index (χ0n) is 10.5. The van der Waals surface area contributed by atoms with Crippen LogP contribution in [0.1, 0.15) is 15.9 Å². The molecule has 1 heterocycles. The average molecular weight is 422 g/mol. The van der Waals surface area contributed by atoms with Gasteiger partial charge in [0, 0.05) is 18.1 Å².